The summed E-state index contributed by atoms with van der Waals surface area (Å²) in [4.78, 5) is 12.8. The first-order chi connectivity index (χ1) is 5.76. The quantitative estimate of drug-likeness (QED) is 0.543. The highest BCUT2D eigenvalue weighted by Crippen LogP contribution is 1.95. The van der Waals surface area contributed by atoms with Crippen LogP contribution >= 0.6 is 15.9 Å². The minimum Gasteiger partial charge on any atom is -0.449 e. The maximum Gasteiger partial charge on any atom is 0.409 e. The van der Waals surface area contributed by atoms with Gasteiger partial charge in [0.15, 0.2) is 0 Å². The molecule has 3 nitrogen and oxygen atoms in total. The maximum absolute atomic E-state index is 11.2. The topological polar surface area (TPSA) is 29.5 Å². The van der Waals surface area contributed by atoms with Gasteiger partial charge in [-0.25, -0.2) is 4.79 Å². The molecule has 0 aromatic heterocycles. The zero-order valence-electron chi connectivity index (χ0n) is 7.68. The summed E-state index contributed by atoms with van der Waals surface area (Å²) < 4.78 is 4.98. The lowest BCUT2D eigenvalue weighted by Crippen LogP contribution is -2.31. The fourth-order valence-corrected chi connectivity index (χ4v) is 1.02. The van der Waals surface area contributed by atoms with Crippen LogP contribution in [0.4, 0.5) is 4.79 Å². The summed E-state index contributed by atoms with van der Waals surface area (Å²) in [6.07, 6.45) is 0.661. The molecule has 0 aliphatic heterocycles. The molecule has 0 atom stereocenters. The Labute approximate surface area is 82.2 Å². The number of carbonyl (C=O) groups excluding carboxylic acids is 1. The van der Waals surface area contributed by atoms with Crippen molar-refractivity contribution in [2.45, 2.75) is 20.3 Å². The highest BCUT2D eigenvalue weighted by Gasteiger charge is 2.09. The summed E-state index contributed by atoms with van der Waals surface area (Å²) in [5, 5.41) is 0.874. The van der Waals surface area contributed by atoms with Crippen LogP contribution in [0.15, 0.2) is 0 Å². The van der Waals surface area contributed by atoms with Gasteiger partial charge in [-0.1, -0.05) is 15.9 Å². The molecular weight excluding hydrogens is 222 g/mol. The van der Waals surface area contributed by atoms with E-state index in [1.807, 2.05) is 13.8 Å². The van der Waals surface area contributed by atoms with Crippen molar-refractivity contribution >= 4 is 22.0 Å². The molecule has 72 valence electrons. The van der Waals surface area contributed by atoms with E-state index in [0.717, 1.165) is 11.8 Å². The van der Waals surface area contributed by atoms with Crippen LogP contribution in [-0.4, -0.2) is 36.0 Å². The van der Waals surface area contributed by atoms with Gasteiger partial charge in [0, 0.05) is 18.4 Å². The van der Waals surface area contributed by atoms with Gasteiger partial charge < -0.3 is 9.64 Å². The van der Waals surface area contributed by atoms with E-state index < -0.39 is 0 Å². The molecule has 0 saturated carbocycles. The lowest BCUT2D eigenvalue weighted by Gasteiger charge is -2.17. The van der Waals surface area contributed by atoms with Crippen LogP contribution in [-0.2, 0) is 4.74 Å². The van der Waals surface area contributed by atoms with Gasteiger partial charge in [0.1, 0.15) is 0 Å². The predicted molar refractivity (Wildman–Crippen MR) is 52.7 cm³/mol. The van der Waals surface area contributed by atoms with Gasteiger partial charge in [-0.2, -0.15) is 0 Å². The minimum atomic E-state index is -0.207. The normalized spacial score (nSPS) is 9.58. The molecule has 0 spiro atoms. The van der Waals surface area contributed by atoms with E-state index in [1.165, 1.54) is 0 Å². The SMILES string of the molecule is CCN(CC)C(=O)OCCCBr. The number of alkyl halides is 1. The van der Waals surface area contributed by atoms with Gasteiger partial charge >= 0.3 is 6.09 Å². The van der Waals surface area contributed by atoms with Crippen LogP contribution in [0.2, 0.25) is 0 Å². The third-order valence-electron chi connectivity index (χ3n) is 1.53. The number of ether oxygens (including phenoxy) is 1. The van der Waals surface area contributed by atoms with E-state index in [0.29, 0.717) is 19.7 Å². The third-order valence-corrected chi connectivity index (χ3v) is 2.09. The van der Waals surface area contributed by atoms with E-state index >= 15 is 0 Å². The van der Waals surface area contributed by atoms with Crippen LogP contribution in [0, 0.1) is 0 Å². The average Bonchev–Trinajstić information content (AvgIpc) is 2.07. The molecule has 0 rings (SSSR count). The Bertz CT molecular complexity index is 126. The second-order valence-corrected chi connectivity index (χ2v) is 3.12. The highest BCUT2D eigenvalue weighted by molar-refractivity contribution is 9.09. The zero-order chi connectivity index (χ0) is 9.40. The van der Waals surface area contributed by atoms with Crippen LogP contribution in [0.25, 0.3) is 0 Å². The number of hydrogen-bond donors (Lipinski definition) is 0. The lowest BCUT2D eigenvalue weighted by molar-refractivity contribution is 0.106. The third kappa shape index (κ3) is 4.59. The number of carbonyl (C=O) groups is 1. The smallest absolute Gasteiger partial charge is 0.409 e. The molecule has 0 bridgehead atoms. The molecule has 0 aliphatic carbocycles. The van der Waals surface area contributed by atoms with Crippen molar-refractivity contribution in [3.63, 3.8) is 0 Å². The molecule has 12 heavy (non-hydrogen) atoms. The molecule has 0 N–H and O–H groups in total. The fourth-order valence-electron chi connectivity index (χ4n) is 0.787. The van der Waals surface area contributed by atoms with Gasteiger partial charge in [-0.15, -0.1) is 0 Å². The van der Waals surface area contributed by atoms with Crippen LogP contribution in [0.1, 0.15) is 20.3 Å². The molecule has 0 radical (unpaired) electrons. The summed E-state index contributed by atoms with van der Waals surface area (Å²) in [6.45, 7) is 5.80. The second kappa shape index (κ2) is 7.40. The van der Waals surface area contributed by atoms with E-state index in [-0.39, 0.29) is 6.09 Å². The van der Waals surface area contributed by atoms with Gasteiger partial charge in [-0.05, 0) is 20.3 Å². The minimum absolute atomic E-state index is 0.207. The molecule has 0 fully saturated rings. The predicted octanol–water partition coefficient (Wildman–Crippen LogP) is 2.25. The van der Waals surface area contributed by atoms with Crippen molar-refractivity contribution in [3.8, 4) is 0 Å². The van der Waals surface area contributed by atoms with E-state index in [9.17, 15) is 4.79 Å². The molecule has 0 aromatic carbocycles. The van der Waals surface area contributed by atoms with Gasteiger partial charge in [0.05, 0.1) is 6.61 Å². The maximum atomic E-state index is 11.2. The Morgan fingerprint density at radius 2 is 2.00 bits per heavy atom. The van der Waals surface area contributed by atoms with Crippen molar-refractivity contribution in [3.05, 3.63) is 0 Å². The van der Waals surface area contributed by atoms with Gasteiger partial charge in [0.2, 0.25) is 0 Å². The highest BCUT2D eigenvalue weighted by atomic mass is 79.9. The molecule has 0 unspecified atom stereocenters. The van der Waals surface area contributed by atoms with Crippen molar-refractivity contribution in [2.24, 2.45) is 0 Å². The molecule has 1 amide bonds. The first-order valence-electron chi connectivity index (χ1n) is 4.23. The number of hydrogen-bond acceptors (Lipinski definition) is 2. The standard InChI is InChI=1S/C8H16BrNO2/c1-3-10(4-2)8(11)12-7-5-6-9/h3-7H2,1-2H3. The second-order valence-electron chi connectivity index (χ2n) is 2.33. The van der Waals surface area contributed by atoms with Crippen molar-refractivity contribution in [1.82, 2.24) is 4.90 Å². The van der Waals surface area contributed by atoms with Gasteiger partial charge in [-0.3, -0.25) is 0 Å². The van der Waals surface area contributed by atoms with Crippen molar-refractivity contribution < 1.29 is 9.53 Å². The Kier molecular flexibility index (Phi) is 7.25. The molecule has 0 saturated heterocycles. The summed E-state index contributed by atoms with van der Waals surface area (Å²) in [5.41, 5.74) is 0. The molecule has 0 aromatic rings. The Morgan fingerprint density at radius 3 is 2.42 bits per heavy atom. The van der Waals surface area contributed by atoms with Crippen molar-refractivity contribution in [1.29, 1.82) is 0 Å². The van der Waals surface area contributed by atoms with Gasteiger partial charge in [0.25, 0.3) is 0 Å². The summed E-state index contributed by atoms with van der Waals surface area (Å²) in [6, 6.07) is 0. The summed E-state index contributed by atoms with van der Waals surface area (Å²) >= 11 is 3.27. The van der Waals surface area contributed by atoms with E-state index in [2.05, 4.69) is 15.9 Å². The van der Waals surface area contributed by atoms with Crippen LogP contribution < -0.4 is 0 Å². The summed E-state index contributed by atoms with van der Waals surface area (Å²) in [7, 11) is 0. The molecular formula is C8H16BrNO2. The zero-order valence-corrected chi connectivity index (χ0v) is 9.26. The van der Waals surface area contributed by atoms with Crippen LogP contribution in [0.3, 0.4) is 0 Å². The Balaban J connectivity index is 3.54. The summed E-state index contributed by atoms with van der Waals surface area (Å²) in [5.74, 6) is 0. The van der Waals surface area contributed by atoms with E-state index in [4.69, 9.17) is 4.74 Å². The number of amides is 1. The first kappa shape index (κ1) is 11.8. The van der Waals surface area contributed by atoms with Crippen molar-refractivity contribution in [2.75, 3.05) is 25.0 Å². The molecule has 4 heteroatoms. The van der Waals surface area contributed by atoms with E-state index in [1.54, 1.807) is 4.90 Å². The number of halogens is 1. The monoisotopic (exact) mass is 237 g/mol. The first-order valence-corrected chi connectivity index (χ1v) is 5.36. The Hall–Kier alpha value is -0.250. The van der Waals surface area contributed by atoms with Crippen LogP contribution in [0.5, 0.6) is 0 Å². The molecule has 0 heterocycles. The molecule has 0 aliphatic rings. The Morgan fingerprint density at radius 1 is 1.42 bits per heavy atom. The lowest BCUT2D eigenvalue weighted by atomic mass is 10.5. The average molecular weight is 238 g/mol. The number of nitrogens with zero attached hydrogens (tertiary/aromatic N) is 1. The number of rotatable bonds is 5. The fraction of sp³-hybridized carbons (Fsp3) is 0.875. The largest absolute Gasteiger partial charge is 0.449 e.